The standard InChI is InChI=1S/C23H20N2O5/c1-3-4-10-29-23(28)16-7-5-6-15(11-16)20-9-8-17(30-20)12-18-14(2)19(13-24)22(27)25-21(18)26/h5-9,11-12H,3-4,10H2,1-2H3,(H,25,26,27)/b18-12+. The molecule has 0 atom stereocenters. The average Bonchev–Trinajstić information content (AvgIpc) is 3.20. The third kappa shape index (κ3) is 4.39. The summed E-state index contributed by atoms with van der Waals surface area (Å²) >= 11 is 0. The number of carbonyl (C=O) groups excluding carboxylic acids is 3. The minimum Gasteiger partial charge on any atom is -0.462 e. The number of esters is 1. The number of unbranched alkanes of at least 4 members (excludes halogenated alkanes) is 1. The van der Waals surface area contributed by atoms with Crippen LogP contribution in [0.3, 0.4) is 0 Å². The second-order valence-corrected chi connectivity index (χ2v) is 6.73. The van der Waals surface area contributed by atoms with Crippen molar-refractivity contribution in [2.75, 3.05) is 6.61 Å². The van der Waals surface area contributed by atoms with E-state index in [1.807, 2.05) is 6.92 Å². The minimum absolute atomic E-state index is 0.109. The lowest BCUT2D eigenvalue weighted by atomic mass is 9.96. The van der Waals surface area contributed by atoms with Gasteiger partial charge in [-0.1, -0.05) is 25.5 Å². The van der Waals surface area contributed by atoms with Crippen LogP contribution in [0.15, 0.2) is 57.5 Å². The SMILES string of the molecule is CCCCOC(=O)c1cccc(-c2ccc(/C=C3/C(=O)NC(=O)C(C#N)=C3C)o2)c1. The number of hydrogen-bond acceptors (Lipinski definition) is 6. The van der Waals surface area contributed by atoms with Gasteiger partial charge in [0.25, 0.3) is 11.8 Å². The number of nitrogens with zero attached hydrogens (tertiary/aromatic N) is 1. The van der Waals surface area contributed by atoms with Crippen LogP contribution in [0.25, 0.3) is 17.4 Å². The number of imide groups is 1. The van der Waals surface area contributed by atoms with E-state index in [1.54, 1.807) is 49.4 Å². The van der Waals surface area contributed by atoms with Crippen LogP contribution >= 0.6 is 0 Å². The molecule has 0 fully saturated rings. The summed E-state index contributed by atoms with van der Waals surface area (Å²) in [5.74, 6) is -0.824. The summed E-state index contributed by atoms with van der Waals surface area (Å²) in [7, 11) is 0. The normalized spacial score (nSPS) is 15.2. The average molecular weight is 404 g/mol. The molecule has 2 amide bonds. The molecular formula is C23H20N2O5. The lowest BCUT2D eigenvalue weighted by molar-refractivity contribution is -0.126. The fourth-order valence-corrected chi connectivity index (χ4v) is 2.94. The first-order valence-corrected chi connectivity index (χ1v) is 9.50. The Morgan fingerprint density at radius 1 is 1.23 bits per heavy atom. The van der Waals surface area contributed by atoms with Crippen molar-refractivity contribution in [2.45, 2.75) is 26.7 Å². The number of furan rings is 1. The van der Waals surface area contributed by atoms with Crippen molar-refractivity contribution in [3.63, 3.8) is 0 Å². The van der Waals surface area contributed by atoms with Gasteiger partial charge in [-0.2, -0.15) is 5.26 Å². The third-order valence-corrected chi connectivity index (χ3v) is 4.62. The highest BCUT2D eigenvalue weighted by molar-refractivity contribution is 6.19. The smallest absolute Gasteiger partial charge is 0.338 e. The summed E-state index contributed by atoms with van der Waals surface area (Å²) in [6.45, 7) is 3.93. The Bertz CT molecular complexity index is 1110. The van der Waals surface area contributed by atoms with Crippen LogP contribution < -0.4 is 5.32 Å². The zero-order valence-corrected chi connectivity index (χ0v) is 16.7. The highest BCUT2D eigenvalue weighted by Gasteiger charge is 2.27. The number of benzene rings is 1. The molecule has 152 valence electrons. The molecule has 0 radical (unpaired) electrons. The van der Waals surface area contributed by atoms with Crippen molar-refractivity contribution in [3.8, 4) is 17.4 Å². The topological polar surface area (TPSA) is 109 Å². The van der Waals surface area contributed by atoms with Crippen molar-refractivity contribution in [3.05, 3.63) is 64.4 Å². The van der Waals surface area contributed by atoms with Gasteiger partial charge in [-0.05, 0) is 49.3 Å². The fraction of sp³-hybridized carbons (Fsp3) is 0.217. The number of hydrogen-bond donors (Lipinski definition) is 1. The Morgan fingerprint density at radius 2 is 2.03 bits per heavy atom. The molecule has 0 spiro atoms. The number of amides is 2. The molecule has 2 heterocycles. The van der Waals surface area contributed by atoms with Gasteiger partial charge in [0, 0.05) is 11.1 Å². The largest absolute Gasteiger partial charge is 0.462 e. The predicted molar refractivity (Wildman–Crippen MR) is 109 cm³/mol. The highest BCUT2D eigenvalue weighted by Crippen LogP contribution is 2.27. The molecule has 3 rings (SSSR count). The molecule has 0 saturated heterocycles. The lowest BCUT2D eigenvalue weighted by Crippen LogP contribution is -2.37. The van der Waals surface area contributed by atoms with Crippen LogP contribution in [0.2, 0.25) is 0 Å². The Labute approximate surface area is 173 Å². The molecule has 1 aliphatic heterocycles. The molecule has 0 saturated carbocycles. The van der Waals surface area contributed by atoms with Gasteiger partial charge in [0.05, 0.1) is 12.2 Å². The second-order valence-electron chi connectivity index (χ2n) is 6.73. The van der Waals surface area contributed by atoms with Crippen LogP contribution in [0.1, 0.15) is 42.8 Å². The Balaban J connectivity index is 1.86. The van der Waals surface area contributed by atoms with Gasteiger partial charge in [0.1, 0.15) is 23.2 Å². The van der Waals surface area contributed by atoms with E-state index in [0.717, 1.165) is 12.8 Å². The van der Waals surface area contributed by atoms with E-state index < -0.39 is 17.8 Å². The van der Waals surface area contributed by atoms with E-state index in [0.29, 0.717) is 34.8 Å². The molecule has 30 heavy (non-hydrogen) atoms. The van der Waals surface area contributed by atoms with Crippen LogP contribution in [-0.4, -0.2) is 24.4 Å². The Morgan fingerprint density at radius 3 is 2.77 bits per heavy atom. The first kappa shape index (κ1) is 20.8. The van der Waals surface area contributed by atoms with Gasteiger partial charge in [-0.25, -0.2) is 4.79 Å². The molecule has 0 bridgehead atoms. The summed E-state index contributed by atoms with van der Waals surface area (Å²) in [4.78, 5) is 36.0. The predicted octanol–water partition coefficient (Wildman–Crippen LogP) is 3.78. The zero-order valence-electron chi connectivity index (χ0n) is 16.7. The van der Waals surface area contributed by atoms with Gasteiger partial charge in [0.15, 0.2) is 0 Å². The second kappa shape index (κ2) is 9.05. The molecule has 1 N–H and O–H groups in total. The molecular weight excluding hydrogens is 384 g/mol. The first-order valence-electron chi connectivity index (χ1n) is 9.50. The van der Waals surface area contributed by atoms with Crippen LogP contribution in [0.4, 0.5) is 0 Å². The molecule has 0 aliphatic carbocycles. The summed E-state index contributed by atoms with van der Waals surface area (Å²) < 4.78 is 11.0. The van der Waals surface area contributed by atoms with Crippen molar-refractivity contribution in [2.24, 2.45) is 0 Å². The number of nitrogens with one attached hydrogen (secondary N) is 1. The Hall–Kier alpha value is -3.92. The lowest BCUT2D eigenvalue weighted by Gasteiger charge is -2.15. The van der Waals surface area contributed by atoms with Crippen molar-refractivity contribution in [1.82, 2.24) is 5.32 Å². The minimum atomic E-state index is -0.708. The van der Waals surface area contributed by atoms with E-state index in [1.165, 1.54) is 6.08 Å². The quantitative estimate of drug-likeness (QED) is 0.340. The van der Waals surface area contributed by atoms with Gasteiger partial charge in [0.2, 0.25) is 0 Å². The van der Waals surface area contributed by atoms with Crippen molar-refractivity contribution >= 4 is 23.9 Å². The Kier molecular flexibility index (Phi) is 6.28. The monoisotopic (exact) mass is 404 g/mol. The fourth-order valence-electron chi connectivity index (χ4n) is 2.94. The maximum Gasteiger partial charge on any atom is 0.338 e. The summed E-state index contributed by atoms with van der Waals surface area (Å²) in [6, 6.07) is 12.1. The third-order valence-electron chi connectivity index (χ3n) is 4.62. The van der Waals surface area contributed by atoms with Gasteiger partial charge in [-0.3, -0.25) is 14.9 Å². The van der Waals surface area contributed by atoms with Gasteiger partial charge >= 0.3 is 5.97 Å². The van der Waals surface area contributed by atoms with E-state index in [4.69, 9.17) is 14.4 Å². The molecule has 1 aliphatic rings. The summed E-state index contributed by atoms with van der Waals surface area (Å²) in [5.41, 5.74) is 1.46. The maximum atomic E-state index is 12.2. The number of rotatable bonds is 6. The molecule has 7 heteroatoms. The van der Waals surface area contributed by atoms with E-state index in [9.17, 15) is 14.4 Å². The number of ether oxygens (including phenoxy) is 1. The van der Waals surface area contributed by atoms with Crippen molar-refractivity contribution < 1.29 is 23.5 Å². The first-order chi connectivity index (χ1) is 14.4. The summed E-state index contributed by atoms with van der Waals surface area (Å²) in [6.07, 6.45) is 3.22. The van der Waals surface area contributed by atoms with Crippen LogP contribution in [0, 0.1) is 11.3 Å². The summed E-state index contributed by atoms with van der Waals surface area (Å²) in [5, 5.41) is 11.3. The van der Waals surface area contributed by atoms with Crippen molar-refractivity contribution in [1.29, 1.82) is 5.26 Å². The molecule has 0 unspecified atom stereocenters. The molecule has 2 aromatic rings. The van der Waals surface area contributed by atoms with Crippen LogP contribution in [-0.2, 0) is 14.3 Å². The number of nitriles is 1. The maximum absolute atomic E-state index is 12.2. The highest BCUT2D eigenvalue weighted by atomic mass is 16.5. The van der Waals surface area contributed by atoms with E-state index >= 15 is 0 Å². The van der Waals surface area contributed by atoms with E-state index in [-0.39, 0.29) is 11.1 Å². The number of carbonyl (C=O) groups is 3. The molecule has 1 aromatic heterocycles. The zero-order chi connectivity index (χ0) is 21.7. The van der Waals surface area contributed by atoms with Gasteiger partial charge in [-0.15, -0.1) is 0 Å². The molecule has 7 nitrogen and oxygen atoms in total. The van der Waals surface area contributed by atoms with E-state index in [2.05, 4.69) is 5.32 Å². The molecule has 1 aromatic carbocycles. The van der Waals surface area contributed by atoms with Gasteiger partial charge < -0.3 is 9.15 Å². The van der Waals surface area contributed by atoms with Crippen LogP contribution in [0.5, 0.6) is 0 Å².